The summed E-state index contributed by atoms with van der Waals surface area (Å²) in [5.41, 5.74) is 1.30. The maximum absolute atomic E-state index is 12.8. The smallest absolute Gasteiger partial charge is 0.325 e. The van der Waals surface area contributed by atoms with Gasteiger partial charge in [-0.05, 0) is 36.6 Å². The number of carbonyl (C=O) groups excluding carboxylic acids is 3. The van der Waals surface area contributed by atoms with Gasteiger partial charge < -0.3 is 10.6 Å². The van der Waals surface area contributed by atoms with E-state index in [2.05, 4.69) is 17.6 Å². The molecule has 2 aromatic rings. The minimum atomic E-state index is -1.17. The largest absolute Gasteiger partial charge is 0.325 e. The number of hydrogen-bond donors (Lipinski definition) is 2. The third kappa shape index (κ3) is 3.31. The summed E-state index contributed by atoms with van der Waals surface area (Å²) in [7, 11) is 0. The van der Waals surface area contributed by atoms with Crippen LogP contribution in [-0.2, 0) is 21.5 Å². The standard InChI is InChI=1S/C20H21N3O3/c1-3-14-9-11-16(12-10-14)21-17(24)13-23-18(25)20(2,22-19(23)26)15-7-5-4-6-8-15/h4-12H,3,13H2,1-2H3,(H,21,24)(H,22,26). The van der Waals surface area contributed by atoms with Crippen LogP contribution >= 0.6 is 0 Å². The van der Waals surface area contributed by atoms with Gasteiger partial charge in [-0.25, -0.2) is 4.79 Å². The molecule has 6 heteroatoms. The molecule has 1 fully saturated rings. The second-order valence-corrected chi connectivity index (χ2v) is 6.41. The van der Waals surface area contributed by atoms with Gasteiger partial charge in [0.15, 0.2) is 0 Å². The van der Waals surface area contributed by atoms with Crippen molar-refractivity contribution < 1.29 is 14.4 Å². The molecule has 0 aromatic heterocycles. The number of nitrogens with one attached hydrogen (secondary N) is 2. The minimum Gasteiger partial charge on any atom is -0.325 e. The first-order valence-corrected chi connectivity index (χ1v) is 8.52. The lowest BCUT2D eigenvalue weighted by atomic mass is 9.92. The summed E-state index contributed by atoms with van der Waals surface area (Å²) in [5, 5.41) is 5.40. The lowest BCUT2D eigenvalue weighted by Crippen LogP contribution is -2.42. The zero-order valence-corrected chi connectivity index (χ0v) is 14.8. The normalized spacial score (nSPS) is 19.4. The van der Waals surface area contributed by atoms with Crippen LogP contribution in [0, 0.1) is 0 Å². The van der Waals surface area contributed by atoms with Crippen molar-refractivity contribution in [3.63, 3.8) is 0 Å². The fourth-order valence-electron chi connectivity index (χ4n) is 2.98. The molecule has 0 radical (unpaired) electrons. The number of benzene rings is 2. The molecule has 1 aliphatic heterocycles. The van der Waals surface area contributed by atoms with Gasteiger partial charge in [-0.1, -0.05) is 49.4 Å². The Morgan fingerprint density at radius 2 is 1.73 bits per heavy atom. The summed E-state index contributed by atoms with van der Waals surface area (Å²) < 4.78 is 0. The van der Waals surface area contributed by atoms with Crippen LogP contribution < -0.4 is 10.6 Å². The van der Waals surface area contributed by atoms with Gasteiger partial charge in [0.1, 0.15) is 12.1 Å². The van der Waals surface area contributed by atoms with E-state index in [4.69, 9.17) is 0 Å². The van der Waals surface area contributed by atoms with E-state index in [1.807, 2.05) is 18.2 Å². The van der Waals surface area contributed by atoms with Crippen LogP contribution in [0.4, 0.5) is 10.5 Å². The van der Waals surface area contributed by atoms with Gasteiger partial charge in [-0.2, -0.15) is 0 Å². The molecule has 0 saturated carbocycles. The number of urea groups is 1. The number of nitrogens with zero attached hydrogens (tertiary/aromatic N) is 1. The zero-order valence-electron chi connectivity index (χ0n) is 14.8. The lowest BCUT2D eigenvalue weighted by molar-refractivity contribution is -0.133. The Morgan fingerprint density at radius 3 is 2.35 bits per heavy atom. The first-order chi connectivity index (χ1) is 12.4. The van der Waals surface area contributed by atoms with Crippen molar-refractivity contribution in [1.82, 2.24) is 10.2 Å². The summed E-state index contributed by atoms with van der Waals surface area (Å²) >= 11 is 0. The summed E-state index contributed by atoms with van der Waals surface area (Å²) in [6, 6.07) is 15.9. The third-order valence-electron chi connectivity index (χ3n) is 4.57. The van der Waals surface area contributed by atoms with Gasteiger partial charge in [0.2, 0.25) is 5.91 Å². The predicted octanol–water partition coefficient (Wildman–Crippen LogP) is 2.65. The molecule has 6 nitrogen and oxygen atoms in total. The highest BCUT2D eigenvalue weighted by Gasteiger charge is 2.49. The fourth-order valence-corrected chi connectivity index (χ4v) is 2.98. The number of hydrogen-bond acceptors (Lipinski definition) is 3. The monoisotopic (exact) mass is 351 g/mol. The highest BCUT2D eigenvalue weighted by Crippen LogP contribution is 2.28. The van der Waals surface area contributed by atoms with E-state index in [-0.39, 0.29) is 6.54 Å². The summed E-state index contributed by atoms with van der Waals surface area (Å²) in [6.07, 6.45) is 0.911. The topological polar surface area (TPSA) is 78.5 Å². The quantitative estimate of drug-likeness (QED) is 0.813. The van der Waals surface area contributed by atoms with Crippen molar-refractivity contribution >= 4 is 23.5 Å². The molecule has 2 N–H and O–H groups in total. The minimum absolute atomic E-state index is 0.331. The van der Waals surface area contributed by atoms with Crippen LogP contribution in [0.3, 0.4) is 0 Å². The Bertz CT molecular complexity index is 833. The Labute approximate surface area is 152 Å². The highest BCUT2D eigenvalue weighted by atomic mass is 16.2. The van der Waals surface area contributed by atoms with E-state index in [1.54, 1.807) is 43.3 Å². The number of rotatable bonds is 5. The first-order valence-electron chi connectivity index (χ1n) is 8.52. The molecule has 26 heavy (non-hydrogen) atoms. The van der Waals surface area contributed by atoms with Crippen LogP contribution in [-0.4, -0.2) is 29.3 Å². The van der Waals surface area contributed by atoms with Crippen LogP contribution in [0.1, 0.15) is 25.0 Å². The third-order valence-corrected chi connectivity index (χ3v) is 4.57. The lowest BCUT2D eigenvalue weighted by Gasteiger charge is -2.22. The Kier molecular flexibility index (Phi) is 4.75. The van der Waals surface area contributed by atoms with Crippen molar-refractivity contribution in [2.24, 2.45) is 0 Å². The molecule has 2 aromatic carbocycles. The van der Waals surface area contributed by atoms with Crippen molar-refractivity contribution in [1.29, 1.82) is 0 Å². The molecule has 0 spiro atoms. The zero-order chi connectivity index (χ0) is 18.7. The van der Waals surface area contributed by atoms with Crippen molar-refractivity contribution in [3.05, 3.63) is 65.7 Å². The van der Waals surface area contributed by atoms with Crippen LogP contribution in [0.2, 0.25) is 0 Å². The Balaban J connectivity index is 1.70. The number of carbonyl (C=O) groups is 3. The van der Waals surface area contributed by atoms with Gasteiger partial charge in [0.05, 0.1) is 0 Å². The summed E-state index contributed by atoms with van der Waals surface area (Å²) in [6.45, 7) is 3.36. The molecule has 3 rings (SSSR count). The molecule has 1 aliphatic rings. The molecule has 4 amide bonds. The Hall–Kier alpha value is -3.15. The van der Waals surface area contributed by atoms with Gasteiger partial charge in [-0.3, -0.25) is 14.5 Å². The van der Waals surface area contributed by atoms with Crippen LogP contribution in [0.5, 0.6) is 0 Å². The molecule has 0 aliphatic carbocycles. The predicted molar refractivity (Wildman–Crippen MR) is 98.5 cm³/mol. The van der Waals surface area contributed by atoms with E-state index < -0.39 is 23.4 Å². The highest BCUT2D eigenvalue weighted by molar-refractivity contribution is 6.10. The van der Waals surface area contributed by atoms with E-state index in [0.717, 1.165) is 16.9 Å². The molecule has 134 valence electrons. The second-order valence-electron chi connectivity index (χ2n) is 6.41. The summed E-state index contributed by atoms with van der Waals surface area (Å²) in [5.74, 6) is -0.861. The maximum atomic E-state index is 12.8. The SMILES string of the molecule is CCc1ccc(NC(=O)CN2C(=O)NC(C)(c3ccccc3)C2=O)cc1. The molecular formula is C20H21N3O3. The average Bonchev–Trinajstić information content (AvgIpc) is 2.87. The average molecular weight is 351 g/mol. The summed E-state index contributed by atoms with van der Waals surface area (Å²) in [4.78, 5) is 38.3. The molecule has 1 heterocycles. The van der Waals surface area contributed by atoms with Crippen molar-refractivity contribution in [2.45, 2.75) is 25.8 Å². The number of amides is 4. The Morgan fingerprint density at radius 1 is 1.08 bits per heavy atom. The molecule has 1 saturated heterocycles. The van der Waals surface area contributed by atoms with Gasteiger partial charge in [0.25, 0.3) is 5.91 Å². The van der Waals surface area contributed by atoms with Gasteiger partial charge in [0, 0.05) is 5.69 Å². The van der Waals surface area contributed by atoms with E-state index in [0.29, 0.717) is 11.3 Å². The van der Waals surface area contributed by atoms with Crippen LogP contribution in [0.15, 0.2) is 54.6 Å². The van der Waals surface area contributed by atoms with Crippen LogP contribution in [0.25, 0.3) is 0 Å². The molecular weight excluding hydrogens is 330 g/mol. The van der Waals surface area contributed by atoms with Crippen molar-refractivity contribution in [2.75, 3.05) is 11.9 Å². The number of anilines is 1. The second kappa shape index (κ2) is 7.00. The fraction of sp³-hybridized carbons (Fsp3) is 0.250. The van der Waals surface area contributed by atoms with E-state index in [9.17, 15) is 14.4 Å². The molecule has 1 atom stereocenters. The maximum Gasteiger partial charge on any atom is 0.325 e. The first kappa shape index (κ1) is 17.7. The number of aryl methyl sites for hydroxylation is 1. The molecule has 1 unspecified atom stereocenters. The van der Waals surface area contributed by atoms with Gasteiger partial charge in [-0.15, -0.1) is 0 Å². The van der Waals surface area contributed by atoms with E-state index in [1.165, 1.54) is 0 Å². The van der Waals surface area contributed by atoms with E-state index >= 15 is 0 Å². The van der Waals surface area contributed by atoms with Gasteiger partial charge >= 0.3 is 6.03 Å². The molecule has 0 bridgehead atoms. The van der Waals surface area contributed by atoms with Crippen molar-refractivity contribution in [3.8, 4) is 0 Å². The number of imide groups is 1.